The minimum absolute atomic E-state index is 0. The van der Waals surface area contributed by atoms with Gasteiger partial charge in [-0.15, -0.1) is 24.8 Å². The van der Waals surface area contributed by atoms with Gasteiger partial charge in [0.2, 0.25) is 0 Å². The summed E-state index contributed by atoms with van der Waals surface area (Å²) in [5.74, 6) is -0.307. The molecule has 0 aliphatic heterocycles. The van der Waals surface area contributed by atoms with Crippen LogP contribution in [0.5, 0.6) is 0 Å². The van der Waals surface area contributed by atoms with Crippen molar-refractivity contribution in [2.45, 2.75) is 38.8 Å². The number of amides is 2. The highest BCUT2D eigenvalue weighted by Gasteiger charge is 2.33. The fraction of sp³-hybridized carbons (Fsp3) is 0.833. The van der Waals surface area contributed by atoms with E-state index in [4.69, 9.17) is 0 Å². The molecule has 0 aromatic carbocycles. The Morgan fingerprint density at radius 3 is 1.05 bits per heavy atom. The monoisotopic (exact) mass is 328 g/mol. The molecule has 20 heavy (non-hydrogen) atoms. The fourth-order valence-electron chi connectivity index (χ4n) is 1.43. The van der Waals surface area contributed by atoms with Crippen LogP contribution in [0.1, 0.15) is 27.7 Å². The summed E-state index contributed by atoms with van der Waals surface area (Å²) in [7, 11) is 6.65. The van der Waals surface area contributed by atoms with Gasteiger partial charge in [0, 0.05) is 28.2 Å². The third-order valence-corrected chi connectivity index (χ3v) is 2.41. The zero-order valence-electron chi connectivity index (χ0n) is 13.4. The van der Waals surface area contributed by atoms with Crippen molar-refractivity contribution in [3.05, 3.63) is 0 Å². The summed E-state index contributed by atoms with van der Waals surface area (Å²) in [5.41, 5.74) is -1.93. The van der Waals surface area contributed by atoms with Crippen LogP contribution < -0.4 is 0 Å². The van der Waals surface area contributed by atoms with Crippen molar-refractivity contribution >= 4 is 36.6 Å². The van der Waals surface area contributed by atoms with Gasteiger partial charge in [-0.3, -0.25) is 9.59 Å². The van der Waals surface area contributed by atoms with E-state index in [-0.39, 0.29) is 36.6 Å². The lowest BCUT2D eigenvalue weighted by molar-refractivity contribution is -0.135. The SMILES string of the molecule is CN(C)C(=O)C(C)(C)N=NC(C)(C)C(=O)N(C)C.Cl.Cl. The molecule has 0 fully saturated rings. The lowest BCUT2D eigenvalue weighted by Crippen LogP contribution is -2.42. The second kappa shape index (κ2) is 8.42. The van der Waals surface area contributed by atoms with Crippen LogP contribution in [0, 0.1) is 0 Å². The van der Waals surface area contributed by atoms with Crippen LogP contribution in [-0.2, 0) is 9.59 Å². The number of hydrogen-bond donors (Lipinski definition) is 0. The Hall–Kier alpha value is -0.880. The Bertz CT molecular complexity index is 332. The van der Waals surface area contributed by atoms with E-state index in [1.807, 2.05) is 0 Å². The summed E-state index contributed by atoms with van der Waals surface area (Å²) < 4.78 is 0. The molecule has 0 aliphatic carbocycles. The van der Waals surface area contributed by atoms with Crippen LogP contribution in [-0.4, -0.2) is 60.9 Å². The average Bonchev–Trinajstić information content (AvgIpc) is 2.24. The Labute approximate surface area is 133 Å². The number of carbonyl (C=O) groups is 2. The zero-order chi connectivity index (χ0) is 14.7. The molecule has 0 spiro atoms. The van der Waals surface area contributed by atoms with E-state index in [9.17, 15) is 9.59 Å². The molecule has 0 bridgehead atoms. The number of carbonyl (C=O) groups excluding carboxylic acids is 2. The minimum atomic E-state index is -0.965. The van der Waals surface area contributed by atoms with Crippen LogP contribution in [0.25, 0.3) is 0 Å². The smallest absolute Gasteiger partial charge is 0.251 e. The quantitative estimate of drug-likeness (QED) is 0.741. The number of hydrogen-bond acceptors (Lipinski definition) is 4. The summed E-state index contributed by atoms with van der Waals surface area (Å²) in [4.78, 5) is 26.6. The van der Waals surface area contributed by atoms with Gasteiger partial charge in [0.1, 0.15) is 0 Å². The van der Waals surface area contributed by atoms with E-state index in [1.54, 1.807) is 55.9 Å². The molecular weight excluding hydrogens is 303 g/mol. The fourth-order valence-corrected chi connectivity index (χ4v) is 1.43. The van der Waals surface area contributed by atoms with Crippen molar-refractivity contribution < 1.29 is 9.59 Å². The van der Waals surface area contributed by atoms with Crippen LogP contribution >= 0.6 is 24.8 Å². The van der Waals surface area contributed by atoms with Gasteiger partial charge >= 0.3 is 0 Å². The maximum Gasteiger partial charge on any atom is 0.251 e. The number of halogens is 2. The number of nitrogens with zero attached hydrogens (tertiary/aromatic N) is 4. The van der Waals surface area contributed by atoms with E-state index in [1.165, 1.54) is 9.80 Å². The van der Waals surface area contributed by atoms with Crippen molar-refractivity contribution in [2.75, 3.05) is 28.2 Å². The third-order valence-electron chi connectivity index (χ3n) is 2.41. The molecule has 6 nitrogen and oxygen atoms in total. The Morgan fingerprint density at radius 2 is 0.900 bits per heavy atom. The highest BCUT2D eigenvalue weighted by Crippen LogP contribution is 2.18. The third kappa shape index (κ3) is 6.52. The predicted molar refractivity (Wildman–Crippen MR) is 84.9 cm³/mol. The van der Waals surface area contributed by atoms with Crippen molar-refractivity contribution in [1.82, 2.24) is 9.80 Å². The summed E-state index contributed by atoms with van der Waals surface area (Å²) >= 11 is 0. The molecule has 0 aromatic rings. The van der Waals surface area contributed by atoms with Gasteiger partial charge in [-0.2, -0.15) is 10.2 Å². The van der Waals surface area contributed by atoms with Crippen LogP contribution in [0.15, 0.2) is 10.2 Å². The number of azo groups is 1. The molecule has 0 radical (unpaired) electrons. The van der Waals surface area contributed by atoms with Crippen molar-refractivity contribution in [2.24, 2.45) is 10.2 Å². The second-order valence-corrected chi connectivity index (χ2v) is 5.72. The largest absolute Gasteiger partial charge is 0.347 e. The number of likely N-dealkylation sites (N-methyl/N-ethyl adjacent to an activating group) is 2. The molecule has 8 heteroatoms. The summed E-state index contributed by atoms with van der Waals surface area (Å²) in [6, 6.07) is 0. The van der Waals surface area contributed by atoms with Crippen molar-refractivity contribution in [3.8, 4) is 0 Å². The van der Waals surface area contributed by atoms with Gasteiger partial charge in [0.25, 0.3) is 11.8 Å². The van der Waals surface area contributed by atoms with Crippen molar-refractivity contribution in [1.29, 1.82) is 0 Å². The minimum Gasteiger partial charge on any atom is -0.347 e. The first-order valence-electron chi connectivity index (χ1n) is 5.79. The second-order valence-electron chi connectivity index (χ2n) is 5.72. The Kier molecular flexibility index (Phi) is 10.2. The molecule has 0 N–H and O–H groups in total. The maximum atomic E-state index is 11.9. The molecule has 120 valence electrons. The molecule has 0 aromatic heterocycles. The van der Waals surface area contributed by atoms with Gasteiger partial charge in [-0.05, 0) is 27.7 Å². The van der Waals surface area contributed by atoms with E-state index in [2.05, 4.69) is 10.2 Å². The highest BCUT2D eigenvalue weighted by molar-refractivity contribution is 5.86. The van der Waals surface area contributed by atoms with E-state index < -0.39 is 11.1 Å². The van der Waals surface area contributed by atoms with Gasteiger partial charge in [-0.1, -0.05) is 0 Å². The maximum absolute atomic E-state index is 11.9. The van der Waals surface area contributed by atoms with Gasteiger partial charge in [0.05, 0.1) is 0 Å². The number of rotatable bonds is 4. The first kappa shape index (κ1) is 24.2. The lowest BCUT2D eigenvalue weighted by Gasteiger charge is -2.25. The van der Waals surface area contributed by atoms with Crippen molar-refractivity contribution in [3.63, 3.8) is 0 Å². The summed E-state index contributed by atoms with van der Waals surface area (Å²) in [5, 5.41) is 8.08. The standard InChI is InChI=1S/C12H24N4O2.2ClH/c1-11(2,9(17)15(5)6)13-14-12(3,4)10(18)16(7)8;;/h1-8H3;2*1H. The van der Waals surface area contributed by atoms with Crippen LogP contribution in [0.2, 0.25) is 0 Å². The molecule has 0 rings (SSSR count). The molecule has 0 unspecified atom stereocenters. The van der Waals surface area contributed by atoms with Gasteiger partial charge in [-0.25, -0.2) is 0 Å². The van der Waals surface area contributed by atoms with Gasteiger partial charge < -0.3 is 9.80 Å². The molecule has 0 aliphatic rings. The Morgan fingerprint density at radius 1 is 0.700 bits per heavy atom. The first-order chi connectivity index (χ1) is 7.92. The van der Waals surface area contributed by atoms with E-state index in [0.717, 1.165) is 0 Å². The zero-order valence-corrected chi connectivity index (χ0v) is 15.1. The van der Waals surface area contributed by atoms with Crippen LogP contribution in [0.4, 0.5) is 0 Å². The van der Waals surface area contributed by atoms with Gasteiger partial charge in [0.15, 0.2) is 11.1 Å². The molecular formula is C12H26Cl2N4O2. The molecule has 0 atom stereocenters. The van der Waals surface area contributed by atoms with Crippen LogP contribution in [0.3, 0.4) is 0 Å². The molecule has 0 heterocycles. The normalized spacial score (nSPS) is 11.4. The molecule has 0 saturated carbocycles. The topological polar surface area (TPSA) is 65.3 Å². The summed E-state index contributed by atoms with van der Waals surface area (Å²) in [6.45, 7) is 6.70. The predicted octanol–water partition coefficient (Wildman–Crippen LogP) is 2.02. The Balaban J connectivity index is -0.00000144. The first-order valence-corrected chi connectivity index (χ1v) is 5.79. The van der Waals surface area contributed by atoms with E-state index >= 15 is 0 Å². The summed E-state index contributed by atoms with van der Waals surface area (Å²) in [6.07, 6.45) is 0. The lowest BCUT2D eigenvalue weighted by atomic mass is 10.0. The average molecular weight is 329 g/mol. The van der Waals surface area contributed by atoms with E-state index in [0.29, 0.717) is 0 Å². The molecule has 2 amide bonds. The highest BCUT2D eigenvalue weighted by atomic mass is 35.5. The molecule has 0 saturated heterocycles.